The van der Waals surface area contributed by atoms with Crippen molar-refractivity contribution in [2.75, 3.05) is 13.2 Å². The summed E-state index contributed by atoms with van der Waals surface area (Å²) in [5.74, 6) is 1.45. The van der Waals surface area contributed by atoms with E-state index in [1.165, 1.54) is 25.7 Å². The van der Waals surface area contributed by atoms with Crippen LogP contribution in [0.5, 0.6) is 0 Å². The van der Waals surface area contributed by atoms with E-state index >= 15 is 0 Å². The Kier molecular flexibility index (Phi) is 10.8. The van der Waals surface area contributed by atoms with Crippen molar-refractivity contribution >= 4 is 46.7 Å². The van der Waals surface area contributed by atoms with Gasteiger partial charge in [-0.15, -0.1) is 11.6 Å². The number of aliphatic hydroxyl groups excluding tert-OH is 2. The summed E-state index contributed by atoms with van der Waals surface area (Å²) in [6, 6.07) is 0. The van der Waals surface area contributed by atoms with Crippen molar-refractivity contribution < 1.29 is 19.7 Å². The first kappa shape index (κ1) is 32.6. The van der Waals surface area contributed by atoms with E-state index in [1.807, 2.05) is 10.8 Å². The van der Waals surface area contributed by atoms with Gasteiger partial charge in [-0.2, -0.15) is 10.5 Å². The summed E-state index contributed by atoms with van der Waals surface area (Å²) in [4.78, 5) is 0. The number of nitrogens with zero attached hydrogens (tertiary/aromatic N) is 2. The molecule has 4 rings (SSSR count). The second-order valence-corrected chi connectivity index (χ2v) is 16.2. The highest BCUT2D eigenvalue weighted by Gasteiger charge is 2.63. The Morgan fingerprint density at radius 2 is 1.26 bits per heavy atom. The Bertz CT molecular complexity index is 910. The largest absolute Gasteiger partial charge is 0.388 e. The number of aliphatic hydroxyl groups is 2. The third kappa shape index (κ3) is 6.00. The van der Waals surface area contributed by atoms with Crippen molar-refractivity contribution in [1.29, 1.82) is 10.5 Å². The lowest BCUT2D eigenvalue weighted by Gasteiger charge is -2.39. The lowest BCUT2D eigenvalue weighted by atomic mass is 9.70. The van der Waals surface area contributed by atoms with Crippen LogP contribution < -0.4 is 0 Å². The smallest absolute Gasteiger partial charge is 0.143 e. The van der Waals surface area contributed by atoms with Gasteiger partial charge in [0.05, 0.1) is 30.7 Å². The van der Waals surface area contributed by atoms with Crippen LogP contribution in [0.2, 0.25) is 0 Å². The number of hydrogen-bond acceptors (Lipinski definition) is 8. The number of rotatable bonds is 10. The summed E-state index contributed by atoms with van der Waals surface area (Å²) < 4.78 is 11.4. The van der Waals surface area contributed by atoms with Gasteiger partial charge in [-0.05, 0) is 95.5 Å². The fraction of sp³-hybridized carbons (Fsp3) is 0.929. The lowest BCUT2D eigenvalue weighted by molar-refractivity contribution is -0.0720. The molecule has 2 N–H and O–H groups in total. The van der Waals surface area contributed by atoms with Gasteiger partial charge in [0.25, 0.3) is 0 Å². The average Bonchev–Trinajstić information content (AvgIpc) is 3.37. The molecule has 216 valence electrons. The van der Waals surface area contributed by atoms with Crippen LogP contribution in [-0.2, 0) is 9.47 Å². The zero-order chi connectivity index (χ0) is 28.5. The first-order chi connectivity index (χ1) is 17.7. The summed E-state index contributed by atoms with van der Waals surface area (Å²) in [6.45, 7) is 14.5. The molecule has 0 aromatic rings. The van der Waals surface area contributed by atoms with Crippen molar-refractivity contribution in [3.8, 4) is 10.8 Å². The van der Waals surface area contributed by atoms with Gasteiger partial charge in [-0.1, -0.05) is 53.1 Å². The number of alkyl halides is 2. The standard InChI is InChI=1S/2C14H22ClNO2S/c1-13(2)9-4-5-14(13,3)11(6-9)18-7-10(12(15)17)19-8-16;1-13(2)9-4-5-14(13,3)11(6-9)18-7-10(17)12(15)19-8-16/h2*9-12,17H,4-7H2,1-3H3. The Labute approximate surface area is 247 Å². The number of thiocyanates is 2. The molecule has 4 aliphatic carbocycles. The second-order valence-electron chi connectivity index (χ2n) is 13.1. The van der Waals surface area contributed by atoms with E-state index in [2.05, 4.69) is 41.5 Å². The molecule has 0 spiro atoms. The normalized spacial score (nSPS) is 38.9. The maximum atomic E-state index is 9.86. The van der Waals surface area contributed by atoms with E-state index in [0.29, 0.717) is 17.4 Å². The van der Waals surface area contributed by atoms with Crippen molar-refractivity contribution in [3.63, 3.8) is 0 Å². The van der Waals surface area contributed by atoms with Crippen LogP contribution in [0.25, 0.3) is 0 Å². The molecular formula is C28H44Cl2N2O4S2. The molecule has 6 nitrogen and oxygen atoms in total. The van der Waals surface area contributed by atoms with Crippen LogP contribution in [-0.4, -0.2) is 57.3 Å². The van der Waals surface area contributed by atoms with Crippen LogP contribution in [0.15, 0.2) is 0 Å². The van der Waals surface area contributed by atoms with Gasteiger partial charge in [-0.25, -0.2) is 0 Å². The number of thioether (sulfide) groups is 2. The van der Waals surface area contributed by atoms with Crippen molar-refractivity contribution in [3.05, 3.63) is 0 Å². The van der Waals surface area contributed by atoms with Crippen LogP contribution in [0, 0.1) is 54.8 Å². The van der Waals surface area contributed by atoms with Gasteiger partial charge in [-0.3, -0.25) is 0 Å². The number of nitriles is 2. The van der Waals surface area contributed by atoms with E-state index in [-0.39, 0.29) is 34.9 Å². The Morgan fingerprint density at radius 3 is 1.61 bits per heavy atom. The van der Waals surface area contributed by atoms with Gasteiger partial charge in [0.1, 0.15) is 27.2 Å². The lowest BCUT2D eigenvalue weighted by Crippen LogP contribution is -2.39. The van der Waals surface area contributed by atoms with E-state index in [4.69, 9.17) is 43.2 Å². The first-order valence-electron chi connectivity index (χ1n) is 13.6. The summed E-state index contributed by atoms with van der Waals surface area (Å²) in [7, 11) is 0. The fourth-order valence-corrected chi connectivity index (χ4v) is 8.78. The molecule has 4 saturated carbocycles. The molecule has 38 heavy (non-hydrogen) atoms. The maximum Gasteiger partial charge on any atom is 0.143 e. The minimum absolute atomic E-state index is 0.196. The third-order valence-corrected chi connectivity index (χ3v) is 13.8. The summed E-state index contributed by atoms with van der Waals surface area (Å²) in [5.41, 5.74) is -0.0123. The van der Waals surface area contributed by atoms with Gasteiger partial charge in [0.2, 0.25) is 0 Å². The first-order valence-corrected chi connectivity index (χ1v) is 16.3. The average molecular weight is 608 g/mol. The second kappa shape index (κ2) is 12.5. The Balaban J connectivity index is 0.000000211. The van der Waals surface area contributed by atoms with E-state index in [9.17, 15) is 10.2 Å². The zero-order valence-corrected chi connectivity index (χ0v) is 26.6. The summed E-state index contributed by atoms with van der Waals surface area (Å²) in [5, 5.41) is 40.0. The molecule has 10 heteroatoms. The molecule has 0 heterocycles. The molecular weight excluding hydrogens is 563 g/mol. The predicted octanol–water partition coefficient (Wildman–Crippen LogP) is 6.72. The van der Waals surface area contributed by atoms with Gasteiger partial charge >= 0.3 is 0 Å². The highest BCUT2D eigenvalue weighted by atomic mass is 35.5. The SMILES string of the molecule is CC1(C)C2CCC1(C)C(OCC(O)C(Cl)SC#N)C2.CC1(C)C2CCC1(C)C(OCC(SC#N)C(O)Cl)C2. The molecule has 0 aromatic carbocycles. The fourth-order valence-electron chi connectivity index (χ4n) is 7.63. The Hall–Kier alpha value is 0.100. The summed E-state index contributed by atoms with van der Waals surface area (Å²) >= 11 is 13.4. The highest BCUT2D eigenvalue weighted by molar-refractivity contribution is 8.05. The topological polar surface area (TPSA) is 107 Å². The van der Waals surface area contributed by atoms with Gasteiger partial charge in [0.15, 0.2) is 0 Å². The van der Waals surface area contributed by atoms with Crippen LogP contribution in [0.1, 0.15) is 80.1 Å². The monoisotopic (exact) mass is 606 g/mol. The molecule has 4 aliphatic rings. The summed E-state index contributed by atoms with van der Waals surface area (Å²) in [6.07, 6.45) is 6.77. The molecule has 10 atom stereocenters. The third-order valence-electron chi connectivity index (χ3n) is 11.3. The number of halogens is 2. The van der Waals surface area contributed by atoms with E-state index in [0.717, 1.165) is 48.2 Å². The molecule has 0 saturated heterocycles. The molecule has 0 radical (unpaired) electrons. The van der Waals surface area contributed by atoms with Crippen molar-refractivity contribution in [1.82, 2.24) is 0 Å². The van der Waals surface area contributed by atoms with Gasteiger partial charge < -0.3 is 19.7 Å². The highest BCUT2D eigenvalue weighted by Crippen LogP contribution is 2.67. The quantitative estimate of drug-likeness (QED) is 0.208. The van der Waals surface area contributed by atoms with Crippen molar-refractivity contribution in [2.24, 2.45) is 33.5 Å². The minimum Gasteiger partial charge on any atom is -0.388 e. The van der Waals surface area contributed by atoms with E-state index in [1.54, 1.807) is 0 Å². The van der Waals surface area contributed by atoms with Gasteiger partial charge in [0, 0.05) is 0 Å². The molecule has 4 fully saturated rings. The van der Waals surface area contributed by atoms with Crippen LogP contribution in [0.3, 0.4) is 0 Å². The maximum absolute atomic E-state index is 9.86. The molecule has 4 bridgehead atoms. The molecule has 0 aliphatic heterocycles. The van der Waals surface area contributed by atoms with Crippen LogP contribution in [0.4, 0.5) is 0 Å². The minimum atomic E-state index is -1.04. The number of hydrogen-bond donors (Lipinski definition) is 2. The predicted molar refractivity (Wildman–Crippen MR) is 156 cm³/mol. The Morgan fingerprint density at radius 1 is 0.816 bits per heavy atom. The van der Waals surface area contributed by atoms with Crippen molar-refractivity contribution in [2.45, 2.75) is 114 Å². The number of fused-ring (bicyclic) bond motifs is 4. The molecule has 0 amide bonds. The molecule has 10 unspecified atom stereocenters. The zero-order valence-electron chi connectivity index (χ0n) is 23.5. The van der Waals surface area contributed by atoms with E-state index < -0.39 is 16.4 Å². The van der Waals surface area contributed by atoms with Crippen LogP contribution >= 0.6 is 46.7 Å². The number of ether oxygens (including phenoxy) is 2. The molecule has 0 aromatic heterocycles.